The molecule has 0 radical (unpaired) electrons. The molecule has 0 amide bonds. The van der Waals surface area contributed by atoms with Gasteiger partial charge in [-0.3, -0.25) is 0 Å². The SMILES string of the molecule is CCNC(CN(C)CC1CCCC1)C(C)C. The predicted molar refractivity (Wildman–Crippen MR) is 71.8 cm³/mol. The molecule has 16 heavy (non-hydrogen) atoms. The van der Waals surface area contributed by atoms with Crippen LogP contribution in [0.2, 0.25) is 0 Å². The van der Waals surface area contributed by atoms with Crippen LogP contribution in [0.3, 0.4) is 0 Å². The molecular weight excluding hydrogens is 196 g/mol. The van der Waals surface area contributed by atoms with Gasteiger partial charge < -0.3 is 10.2 Å². The van der Waals surface area contributed by atoms with Crippen molar-refractivity contribution in [2.45, 2.75) is 52.5 Å². The summed E-state index contributed by atoms with van der Waals surface area (Å²) in [5.41, 5.74) is 0. The molecule has 0 bridgehead atoms. The van der Waals surface area contributed by atoms with E-state index in [9.17, 15) is 0 Å². The second kappa shape index (κ2) is 7.29. The first kappa shape index (κ1) is 14.0. The maximum atomic E-state index is 3.60. The van der Waals surface area contributed by atoms with Gasteiger partial charge in [-0.15, -0.1) is 0 Å². The third-order valence-electron chi connectivity index (χ3n) is 3.82. The van der Waals surface area contributed by atoms with Crippen LogP contribution < -0.4 is 5.32 Å². The van der Waals surface area contributed by atoms with Crippen molar-refractivity contribution in [1.29, 1.82) is 0 Å². The fraction of sp³-hybridized carbons (Fsp3) is 1.00. The fourth-order valence-electron chi connectivity index (χ4n) is 2.82. The Morgan fingerprint density at radius 2 is 1.88 bits per heavy atom. The summed E-state index contributed by atoms with van der Waals surface area (Å²) >= 11 is 0. The van der Waals surface area contributed by atoms with Gasteiger partial charge in [-0.05, 0) is 38.3 Å². The first-order valence-corrected chi connectivity index (χ1v) is 7.05. The lowest BCUT2D eigenvalue weighted by Gasteiger charge is -2.29. The minimum Gasteiger partial charge on any atom is -0.313 e. The zero-order chi connectivity index (χ0) is 12.0. The second-order valence-electron chi connectivity index (χ2n) is 5.78. The van der Waals surface area contributed by atoms with Crippen LogP contribution in [0, 0.1) is 11.8 Å². The van der Waals surface area contributed by atoms with Gasteiger partial charge in [-0.1, -0.05) is 33.6 Å². The Labute approximate surface area is 102 Å². The Bertz CT molecular complexity index is 174. The first-order chi connectivity index (χ1) is 7.63. The minimum atomic E-state index is 0.649. The number of hydrogen-bond donors (Lipinski definition) is 1. The van der Waals surface area contributed by atoms with E-state index in [0.29, 0.717) is 6.04 Å². The van der Waals surface area contributed by atoms with E-state index in [1.807, 2.05) is 0 Å². The highest BCUT2D eigenvalue weighted by molar-refractivity contribution is 4.76. The van der Waals surface area contributed by atoms with Crippen LogP contribution in [0.1, 0.15) is 46.5 Å². The van der Waals surface area contributed by atoms with Crippen molar-refractivity contribution >= 4 is 0 Å². The molecule has 2 nitrogen and oxygen atoms in total. The number of nitrogens with zero attached hydrogens (tertiary/aromatic N) is 1. The first-order valence-electron chi connectivity index (χ1n) is 7.05. The second-order valence-corrected chi connectivity index (χ2v) is 5.78. The van der Waals surface area contributed by atoms with Gasteiger partial charge in [0.15, 0.2) is 0 Å². The zero-order valence-electron chi connectivity index (χ0n) is 11.6. The molecule has 1 rings (SSSR count). The average Bonchev–Trinajstić information content (AvgIpc) is 2.69. The molecule has 2 heteroatoms. The lowest BCUT2D eigenvalue weighted by Crippen LogP contribution is -2.44. The van der Waals surface area contributed by atoms with E-state index < -0.39 is 0 Å². The maximum absolute atomic E-state index is 3.60. The van der Waals surface area contributed by atoms with Crippen LogP contribution >= 0.6 is 0 Å². The normalized spacial score (nSPS) is 19.9. The topological polar surface area (TPSA) is 15.3 Å². The molecule has 0 heterocycles. The summed E-state index contributed by atoms with van der Waals surface area (Å²) in [6, 6.07) is 0.649. The van der Waals surface area contributed by atoms with Crippen molar-refractivity contribution in [3.63, 3.8) is 0 Å². The zero-order valence-corrected chi connectivity index (χ0v) is 11.6. The summed E-state index contributed by atoms with van der Waals surface area (Å²) in [7, 11) is 2.28. The van der Waals surface area contributed by atoms with Gasteiger partial charge in [0.1, 0.15) is 0 Å². The molecule has 0 aliphatic heterocycles. The largest absolute Gasteiger partial charge is 0.313 e. The molecule has 0 aromatic carbocycles. The summed E-state index contributed by atoms with van der Waals surface area (Å²) in [4.78, 5) is 2.53. The van der Waals surface area contributed by atoms with Gasteiger partial charge in [0.25, 0.3) is 0 Å². The molecule has 1 aliphatic carbocycles. The molecule has 0 aromatic heterocycles. The van der Waals surface area contributed by atoms with E-state index in [0.717, 1.165) is 18.4 Å². The number of rotatable bonds is 7. The van der Waals surface area contributed by atoms with Crippen LogP contribution in [0.15, 0.2) is 0 Å². The summed E-state index contributed by atoms with van der Waals surface area (Å²) in [6.45, 7) is 10.4. The van der Waals surface area contributed by atoms with Gasteiger partial charge in [0, 0.05) is 19.1 Å². The van der Waals surface area contributed by atoms with Crippen molar-refractivity contribution in [2.24, 2.45) is 11.8 Å². The Morgan fingerprint density at radius 3 is 2.38 bits per heavy atom. The number of hydrogen-bond acceptors (Lipinski definition) is 2. The highest BCUT2D eigenvalue weighted by Gasteiger charge is 2.19. The van der Waals surface area contributed by atoms with Crippen LogP contribution in [-0.2, 0) is 0 Å². The number of nitrogens with one attached hydrogen (secondary N) is 1. The smallest absolute Gasteiger partial charge is 0.0217 e. The van der Waals surface area contributed by atoms with Crippen LogP contribution in [-0.4, -0.2) is 37.6 Å². The molecule has 1 saturated carbocycles. The van der Waals surface area contributed by atoms with E-state index in [4.69, 9.17) is 0 Å². The van der Waals surface area contributed by atoms with Crippen molar-refractivity contribution in [1.82, 2.24) is 10.2 Å². The molecule has 0 saturated heterocycles. The predicted octanol–water partition coefficient (Wildman–Crippen LogP) is 2.74. The van der Waals surface area contributed by atoms with Gasteiger partial charge in [0.05, 0.1) is 0 Å². The van der Waals surface area contributed by atoms with Crippen LogP contribution in [0.4, 0.5) is 0 Å². The molecule has 1 aliphatic rings. The minimum absolute atomic E-state index is 0.649. The number of likely N-dealkylation sites (N-methyl/N-ethyl adjacent to an activating group) is 2. The molecule has 1 unspecified atom stereocenters. The lowest BCUT2D eigenvalue weighted by atomic mass is 10.0. The van der Waals surface area contributed by atoms with Gasteiger partial charge in [0.2, 0.25) is 0 Å². The van der Waals surface area contributed by atoms with Crippen molar-refractivity contribution in [3.8, 4) is 0 Å². The van der Waals surface area contributed by atoms with E-state index >= 15 is 0 Å². The molecule has 1 N–H and O–H groups in total. The molecular formula is C14H30N2. The highest BCUT2D eigenvalue weighted by Crippen LogP contribution is 2.25. The average molecular weight is 226 g/mol. The summed E-state index contributed by atoms with van der Waals surface area (Å²) in [5, 5.41) is 3.60. The quantitative estimate of drug-likeness (QED) is 0.718. The maximum Gasteiger partial charge on any atom is 0.0217 e. The third kappa shape index (κ3) is 4.84. The monoisotopic (exact) mass is 226 g/mol. The molecule has 0 spiro atoms. The molecule has 1 fully saturated rings. The van der Waals surface area contributed by atoms with Gasteiger partial charge in [-0.25, -0.2) is 0 Å². The van der Waals surface area contributed by atoms with Crippen LogP contribution in [0.5, 0.6) is 0 Å². The molecule has 0 aromatic rings. The fourth-order valence-corrected chi connectivity index (χ4v) is 2.82. The van der Waals surface area contributed by atoms with E-state index in [2.05, 4.69) is 38.0 Å². The Morgan fingerprint density at radius 1 is 1.25 bits per heavy atom. The van der Waals surface area contributed by atoms with Gasteiger partial charge in [-0.2, -0.15) is 0 Å². The van der Waals surface area contributed by atoms with E-state index in [-0.39, 0.29) is 0 Å². The molecule has 1 atom stereocenters. The summed E-state index contributed by atoms with van der Waals surface area (Å²) < 4.78 is 0. The van der Waals surface area contributed by atoms with Crippen molar-refractivity contribution in [3.05, 3.63) is 0 Å². The van der Waals surface area contributed by atoms with Crippen molar-refractivity contribution in [2.75, 3.05) is 26.7 Å². The Balaban J connectivity index is 2.26. The van der Waals surface area contributed by atoms with Gasteiger partial charge >= 0.3 is 0 Å². The Hall–Kier alpha value is -0.0800. The highest BCUT2D eigenvalue weighted by atomic mass is 15.1. The lowest BCUT2D eigenvalue weighted by molar-refractivity contribution is 0.226. The van der Waals surface area contributed by atoms with E-state index in [1.165, 1.54) is 38.8 Å². The Kier molecular flexibility index (Phi) is 6.37. The van der Waals surface area contributed by atoms with Crippen molar-refractivity contribution < 1.29 is 0 Å². The summed E-state index contributed by atoms with van der Waals surface area (Å²) in [6.07, 6.45) is 5.83. The summed E-state index contributed by atoms with van der Waals surface area (Å²) in [5.74, 6) is 1.70. The van der Waals surface area contributed by atoms with E-state index in [1.54, 1.807) is 0 Å². The molecule has 96 valence electrons. The van der Waals surface area contributed by atoms with Crippen LogP contribution in [0.25, 0.3) is 0 Å². The third-order valence-corrected chi connectivity index (χ3v) is 3.82. The standard InChI is InChI=1S/C14H30N2/c1-5-15-14(12(2)3)11-16(4)10-13-8-6-7-9-13/h12-15H,5-11H2,1-4H3.